The van der Waals surface area contributed by atoms with Gasteiger partial charge in [-0.2, -0.15) is 13.2 Å². The van der Waals surface area contributed by atoms with E-state index < -0.39 is 23.7 Å². The Balaban J connectivity index is 1.29. The molecule has 9 heteroatoms. The first kappa shape index (κ1) is 34.8. The number of rotatable bonds is 14. The summed E-state index contributed by atoms with van der Waals surface area (Å²) in [5.41, 5.74) is 3.04. The first-order valence-corrected chi connectivity index (χ1v) is 15.9. The lowest BCUT2D eigenvalue weighted by Gasteiger charge is -2.24. The molecule has 1 atom stereocenters. The number of benzene rings is 5. The van der Waals surface area contributed by atoms with Crippen molar-refractivity contribution in [3.05, 3.63) is 178 Å². The van der Waals surface area contributed by atoms with Crippen molar-refractivity contribution in [2.75, 3.05) is 6.54 Å². The van der Waals surface area contributed by atoms with E-state index in [0.717, 1.165) is 28.8 Å². The van der Waals surface area contributed by atoms with Gasteiger partial charge in [-0.05, 0) is 59.0 Å². The summed E-state index contributed by atoms with van der Waals surface area (Å²) < 4.78 is 39.4. The molecule has 0 saturated heterocycles. The SMILES string of the molecule is O=C(N[C@@H](Cc1ccccc1)C(=O)CNCc1cccc(C(F)(F)F)c1)c1cccc(CN(Cc2ccccc2)C(=O)c2ccccc2)c1. The Hall–Kier alpha value is -5.54. The number of amides is 2. The fraction of sp³-hybridized carbons (Fsp3) is 0.175. The molecule has 0 radical (unpaired) electrons. The molecule has 0 aliphatic rings. The van der Waals surface area contributed by atoms with E-state index in [2.05, 4.69) is 10.6 Å². The van der Waals surface area contributed by atoms with Gasteiger partial charge in [0.25, 0.3) is 11.8 Å². The zero-order valence-electron chi connectivity index (χ0n) is 26.7. The standard InChI is InChI=1S/C40H36F3N3O3/c41-40(42,43)35-21-11-16-31(23-35)25-44-26-37(47)36(24-29-12-4-1-5-13-29)45-38(48)34-20-10-17-32(22-34)28-46(27-30-14-6-2-7-15-30)39(49)33-18-8-3-9-19-33/h1-23,36,44H,24-28H2,(H,45,48)/t36-/m0/s1. The highest BCUT2D eigenvalue weighted by Crippen LogP contribution is 2.29. The number of nitrogens with one attached hydrogen (secondary N) is 2. The van der Waals surface area contributed by atoms with Crippen molar-refractivity contribution in [2.24, 2.45) is 0 Å². The molecule has 0 saturated carbocycles. The molecule has 5 aromatic carbocycles. The van der Waals surface area contributed by atoms with E-state index in [9.17, 15) is 27.6 Å². The molecule has 6 nitrogen and oxygen atoms in total. The predicted molar refractivity (Wildman–Crippen MR) is 182 cm³/mol. The van der Waals surface area contributed by atoms with E-state index in [0.29, 0.717) is 23.2 Å². The number of hydrogen-bond donors (Lipinski definition) is 2. The Morgan fingerprint density at radius 1 is 0.612 bits per heavy atom. The molecule has 5 aromatic rings. The Bertz CT molecular complexity index is 1850. The molecule has 0 bridgehead atoms. The van der Waals surface area contributed by atoms with Gasteiger partial charge >= 0.3 is 6.18 Å². The normalized spacial score (nSPS) is 11.8. The summed E-state index contributed by atoms with van der Waals surface area (Å²) in [5.74, 6) is -0.925. The van der Waals surface area contributed by atoms with Crippen LogP contribution in [0.4, 0.5) is 13.2 Å². The van der Waals surface area contributed by atoms with Crippen LogP contribution in [0.1, 0.15) is 48.5 Å². The van der Waals surface area contributed by atoms with Crippen molar-refractivity contribution in [3.63, 3.8) is 0 Å². The number of alkyl halides is 3. The first-order chi connectivity index (χ1) is 23.7. The summed E-state index contributed by atoms with van der Waals surface area (Å²) in [4.78, 5) is 42.3. The lowest BCUT2D eigenvalue weighted by Crippen LogP contribution is -2.45. The van der Waals surface area contributed by atoms with Crippen LogP contribution < -0.4 is 10.6 Å². The van der Waals surface area contributed by atoms with Crippen molar-refractivity contribution in [1.82, 2.24) is 15.5 Å². The smallest absolute Gasteiger partial charge is 0.342 e. The van der Waals surface area contributed by atoms with Crippen molar-refractivity contribution >= 4 is 17.6 Å². The molecule has 250 valence electrons. The van der Waals surface area contributed by atoms with Gasteiger partial charge in [0.05, 0.1) is 18.2 Å². The lowest BCUT2D eigenvalue weighted by molar-refractivity contribution is -0.137. The quantitative estimate of drug-likeness (QED) is 0.131. The maximum absolute atomic E-state index is 13.6. The summed E-state index contributed by atoms with van der Waals surface area (Å²) in [6, 6.07) is 38.9. The number of hydrogen-bond acceptors (Lipinski definition) is 4. The summed E-state index contributed by atoms with van der Waals surface area (Å²) in [6.07, 6.45) is -4.24. The van der Waals surface area contributed by atoms with Gasteiger partial charge < -0.3 is 15.5 Å². The average molecular weight is 664 g/mol. The molecule has 2 amide bonds. The van der Waals surface area contributed by atoms with E-state index in [4.69, 9.17) is 0 Å². The van der Waals surface area contributed by atoms with E-state index in [1.165, 1.54) is 6.07 Å². The van der Waals surface area contributed by atoms with Crippen molar-refractivity contribution in [1.29, 1.82) is 0 Å². The van der Waals surface area contributed by atoms with Crippen LogP contribution >= 0.6 is 0 Å². The first-order valence-electron chi connectivity index (χ1n) is 15.9. The monoisotopic (exact) mass is 663 g/mol. The third kappa shape index (κ3) is 10.2. The maximum atomic E-state index is 13.6. The van der Waals surface area contributed by atoms with Crippen LogP contribution in [0.2, 0.25) is 0 Å². The van der Waals surface area contributed by atoms with E-state index >= 15 is 0 Å². The Morgan fingerprint density at radius 3 is 1.84 bits per heavy atom. The zero-order chi connectivity index (χ0) is 34.6. The topological polar surface area (TPSA) is 78.5 Å². The van der Waals surface area contributed by atoms with Gasteiger partial charge in [0, 0.05) is 30.8 Å². The molecule has 0 fully saturated rings. The number of Topliss-reactive ketones (excluding diaryl/α,β-unsaturated/α-hetero) is 1. The lowest BCUT2D eigenvalue weighted by atomic mass is 10.0. The highest BCUT2D eigenvalue weighted by Gasteiger charge is 2.30. The second-order valence-corrected chi connectivity index (χ2v) is 11.7. The minimum atomic E-state index is -4.47. The van der Waals surface area contributed by atoms with Crippen molar-refractivity contribution < 1.29 is 27.6 Å². The second kappa shape index (κ2) is 16.5. The van der Waals surface area contributed by atoms with Gasteiger partial charge in [0.2, 0.25) is 0 Å². The van der Waals surface area contributed by atoms with Gasteiger partial charge in [-0.1, -0.05) is 109 Å². The van der Waals surface area contributed by atoms with Crippen molar-refractivity contribution in [2.45, 2.75) is 38.3 Å². The largest absolute Gasteiger partial charge is 0.416 e. The van der Waals surface area contributed by atoms with Crippen LogP contribution in [0.15, 0.2) is 140 Å². The summed E-state index contributed by atoms with van der Waals surface area (Å²) in [5, 5.41) is 5.80. The number of carbonyl (C=O) groups excluding carboxylic acids is 3. The third-order valence-electron chi connectivity index (χ3n) is 7.95. The highest BCUT2D eigenvalue weighted by molar-refractivity contribution is 5.98. The van der Waals surface area contributed by atoms with Crippen LogP contribution in [0.3, 0.4) is 0 Å². The van der Waals surface area contributed by atoms with Gasteiger partial charge in [-0.3, -0.25) is 14.4 Å². The molecule has 0 unspecified atom stereocenters. The minimum Gasteiger partial charge on any atom is -0.342 e. The number of carbonyl (C=O) groups is 3. The number of halogens is 3. The molecule has 5 rings (SSSR count). The van der Waals surface area contributed by atoms with E-state index in [1.54, 1.807) is 41.3 Å². The fourth-order valence-corrected chi connectivity index (χ4v) is 5.45. The molecular formula is C40H36F3N3O3. The summed E-state index contributed by atoms with van der Waals surface area (Å²) in [7, 11) is 0. The van der Waals surface area contributed by atoms with Crippen LogP contribution in [0.5, 0.6) is 0 Å². The molecule has 0 aliphatic carbocycles. The van der Waals surface area contributed by atoms with Crippen LogP contribution in [-0.4, -0.2) is 35.1 Å². The van der Waals surface area contributed by atoms with Gasteiger partial charge in [0.15, 0.2) is 5.78 Å². The Labute approximate surface area is 283 Å². The van der Waals surface area contributed by atoms with Crippen LogP contribution in [0, 0.1) is 0 Å². The molecular weight excluding hydrogens is 627 g/mol. The number of nitrogens with zero attached hydrogens (tertiary/aromatic N) is 1. The molecule has 49 heavy (non-hydrogen) atoms. The van der Waals surface area contributed by atoms with Crippen LogP contribution in [-0.2, 0) is 37.0 Å². The van der Waals surface area contributed by atoms with Crippen molar-refractivity contribution in [3.8, 4) is 0 Å². The van der Waals surface area contributed by atoms with Gasteiger partial charge in [0.1, 0.15) is 0 Å². The molecule has 2 N–H and O–H groups in total. The molecule has 0 aliphatic heterocycles. The third-order valence-corrected chi connectivity index (χ3v) is 7.95. The Morgan fingerprint density at radius 2 is 1.16 bits per heavy atom. The fourth-order valence-electron chi connectivity index (χ4n) is 5.45. The van der Waals surface area contributed by atoms with Crippen LogP contribution in [0.25, 0.3) is 0 Å². The van der Waals surface area contributed by atoms with E-state index in [1.807, 2.05) is 84.9 Å². The summed E-state index contributed by atoms with van der Waals surface area (Å²) >= 11 is 0. The molecule has 0 heterocycles. The average Bonchev–Trinajstić information content (AvgIpc) is 3.12. The zero-order valence-corrected chi connectivity index (χ0v) is 26.7. The second-order valence-electron chi connectivity index (χ2n) is 11.7. The number of ketones is 1. The molecule has 0 spiro atoms. The maximum Gasteiger partial charge on any atom is 0.416 e. The molecule has 0 aromatic heterocycles. The Kier molecular flexibility index (Phi) is 11.7. The summed E-state index contributed by atoms with van der Waals surface area (Å²) in [6.45, 7) is 0.497. The van der Waals surface area contributed by atoms with Gasteiger partial charge in [-0.25, -0.2) is 0 Å². The predicted octanol–water partition coefficient (Wildman–Crippen LogP) is 7.25. The van der Waals surface area contributed by atoms with E-state index in [-0.39, 0.29) is 37.7 Å². The minimum absolute atomic E-state index is 0.0465. The van der Waals surface area contributed by atoms with Gasteiger partial charge in [-0.15, -0.1) is 0 Å². The highest BCUT2D eigenvalue weighted by atomic mass is 19.4.